The molecule has 37 heavy (non-hydrogen) atoms. The smallest absolute Gasteiger partial charge is 0.234 e. The van der Waals surface area contributed by atoms with Gasteiger partial charge < -0.3 is 9.88 Å². The van der Waals surface area contributed by atoms with Crippen molar-refractivity contribution in [3.63, 3.8) is 0 Å². The first-order valence-corrected chi connectivity index (χ1v) is 14.3. The number of hydrogen-bond donors (Lipinski definition) is 1. The fraction of sp³-hybridized carbons (Fsp3) is 0.241. The van der Waals surface area contributed by atoms with Crippen LogP contribution >= 0.6 is 23.1 Å². The summed E-state index contributed by atoms with van der Waals surface area (Å²) >= 11 is 3.12. The van der Waals surface area contributed by atoms with Crippen LogP contribution in [0.2, 0.25) is 0 Å². The zero-order valence-electron chi connectivity index (χ0n) is 20.7. The number of fused-ring (bicyclic) bond motifs is 1. The molecule has 2 unspecified atom stereocenters. The lowest BCUT2D eigenvalue weighted by molar-refractivity contribution is -0.113. The molecule has 1 fully saturated rings. The normalized spacial score (nSPS) is 16.7. The van der Waals surface area contributed by atoms with E-state index >= 15 is 0 Å². The molecule has 1 aliphatic rings. The van der Waals surface area contributed by atoms with E-state index in [0.717, 1.165) is 45.7 Å². The summed E-state index contributed by atoms with van der Waals surface area (Å²) in [5, 5.41) is 13.7. The summed E-state index contributed by atoms with van der Waals surface area (Å²) in [6.45, 7) is 4.98. The second-order valence-electron chi connectivity index (χ2n) is 9.35. The highest BCUT2D eigenvalue weighted by atomic mass is 32.2. The van der Waals surface area contributed by atoms with Crippen LogP contribution in [0.15, 0.2) is 78.0 Å². The molecule has 2 heterocycles. The highest BCUT2D eigenvalue weighted by Gasteiger charge is 2.43. The Morgan fingerprint density at radius 1 is 1.05 bits per heavy atom. The van der Waals surface area contributed by atoms with Crippen LogP contribution in [0.1, 0.15) is 42.1 Å². The summed E-state index contributed by atoms with van der Waals surface area (Å²) in [5.74, 6) is 2.15. The van der Waals surface area contributed by atoms with E-state index in [1.807, 2.05) is 30.3 Å². The average molecular weight is 526 g/mol. The van der Waals surface area contributed by atoms with E-state index < -0.39 is 0 Å². The second kappa shape index (κ2) is 10.1. The van der Waals surface area contributed by atoms with E-state index in [2.05, 4.69) is 76.4 Å². The number of rotatable bonds is 8. The maximum absolute atomic E-state index is 12.7. The van der Waals surface area contributed by atoms with Crippen molar-refractivity contribution in [2.75, 3.05) is 11.1 Å². The second-order valence-corrected chi connectivity index (χ2v) is 11.3. The van der Waals surface area contributed by atoms with Crippen molar-refractivity contribution in [3.05, 3.63) is 89.7 Å². The Kier molecular flexibility index (Phi) is 6.52. The fourth-order valence-corrected chi connectivity index (χ4v) is 6.58. The molecule has 1 N–H and O–H groups in total. The standard InChI is InChI=1S/C29H27N5OS2/c1-3-34-27(23-16-22(23)19-7-5-4-6-8-19)32-33-29(34)36-17-26(35)30-21-12-10-20(11-13-21)28-31-24-14-9-18(2)15-25(24)37-28/h4-15,22-23H,3,16-17H2,1-2H3,(H,30,35). The van der Waals surface area contributed by atoms with Crippen molar-refractivity contribution in [2.24, 2.45) is 0 Å². The summed E-state index contributed by atoms with van der Waals surface area (Å²) in [7, 11) is 0. The van der Waals surface area contributed by atoms with Gasteiger partial charge in [0.15, 0.2) is 5.16 Å². The monoisotopic (exact) mass is 525 g/mol. The number of anilines is 1. The number of aryl methyl sites for hydroxylation is 1. The molecule has 1 aliphatic carbocycles. The molecular weight excluding hydrogens is 498 g/mol. The molecule has 0 radical (unpaired) electrons. The van der Waals surface area contributed by atoms with Gasteiger partial charge in [0.1, 0.15) is 10.8 Å². The summed E-state index contributed by atoms with van der Waals surface area (Å²) in [4.78, 5) is 17.4. The molecule has 0 saturated heterocycles. The molecule has 0 aliphatic heterocycles. The number of hydrogen-bond acceptors (Lipinski definition) is 6. The minimum Gasteiger partial charge on any atom is -0.325 e. The van der Waals surface area contributed by atoms with Crippen molar-refractivity contribution in [1.29, 1.82) is 0 Å². The molecule has 186 valence electrons. The Bertz CT molecular complexity index is 1560. The minimum absolute atomic E-state index is 0.0611. The predicted molar refractivity (Wildman–Crippen MR) is 151 cm³/mol. The molecule has 5 aromatic rings. The molecule has 2 aromatic heterocycles. The lowest BCUT2D eigenvalue weighted by Crippen LogP contribution is -2.14. The first-order chi connectivity index (χ1) is 18.1. The summed E-state index contributed by atoms with van der Waals surface area (Å²) in [6.07, 6.45) is 1.10. The van der Waals surface area contributed by atoms with Crippen LogP contribution in [-0.2, 0) is 11.3 Å². The van der Waals surface area contributed by atoms with Crippen LogP contribution in [-0.4, -0.2) is 31.4 Å². The molecular formula is C29H27N5OS2. The topological polar surface area (TPSA) is 72.7 Å². The Labute approximate surface area is 224 Å². The van der Waals surface area contributed by atoms with Gasteiger partial charge in [-0.25, -0.2) is 4.98 Å². The molecule has 1 saturated carbocycles. The molecule has 2 atom stereocenters. The first kappa shape index (κ1) is 23.9. The van der Waals surface area contributed by atoms with Gasteiger partial charge in [0.25, 0.3) is 0 Å². The number of carbonyl (C=O) groups excluding carboxylic acids is 1. The van der Waals surface area contributed by atoms with Gasteiger partial charge in [-0.2, -0.15) is 0 Å². The maximum Gasteiger partial charge on any atom is 0.234 e. The molecule has 3 aromatic carbocycles. The van der Waals surface area contributed by atoms with E-state index in [9.17, 15) is 4.79 Å². The molecule has 0 spiro atoms. The van der Waals surface area contributed by atoms with Crippen molar-refractivity contribution in [2.45, 2.75) is 43.8 Å². The third-order valence-corrected chi connectivity index (χ3v) is 8.74. The molecule has 6 nitrogen and oxygen atoms in total. The predicted octanol–water partition coefficient (Wildman–Crippen LogP) is 6.89. The number of benzene rings is 3. The Morgan fingerprint density at radius 3 is 2.65 bits per heavy atom. The summed E-state index contributed by atoms with van der Waals surface area (Å²) in [6, 6.07) is 24.8. The van der Waals surface area contributed by atoms with E-state index in [-0.39, 0.29) is 11.7 Å². The van der Waals surface area contributed by atoms with Crippen LogP contribution in [0, 0.1) is 6.92 Å². The largest absolute Gasteiger partial charge is 0.325 e. The van der Waals surface area contributed by atoms with E-state index in [0.29, 0.717) is 11.8 Å². The quantitative estimate of drug-likeness (QED) is 0.224. The number of aromatic nitrogens is 4. The molecule has 1 amide bonds. The highest BCUT2D eigenvalue weighted by Crippen LogP contribution is 2.54. The van der Waals surface area contributed by atoms with Crippen molar-refractivity contribution >= 4 is 44.9 Å². The van der Waals surface area contributed by atoms with Gasteiger partial charge in [-0.3, -0.25) is 4.79 Å². The van der Waals surface area contributed by atoms with E-state index in [1.165, 1.54) is 27.6 Å². The molecule has 0 bridgehead atoms. The van der Waals surface area contributed by atoms with Crippen LogP contribution in [0.4, 0.5) is 5.69 Å². The average Bonchev–Trinajstić information content (AvgIpc) is 3.42. The van der Waals surface area contributed by atoms with Gasteiger partial charge in [0.2, 0.25) is 5.91 Å². The van der Waals surface area contributed by atoms with Crippen molar-refractivity contribution < 1.29 is 4.79 Å². The molecule has 6 rings (SSSR count). The van der Waals surface area contributed by atoms with E-state index in [4.69, 9.17) is 4.98 Å². The third-order valence-electron chi connectivity index (χ3n) is 6.70. The summed E-state index contributed by atoms with van der Waals surface area (Å²) < 4.78 is 3.34. The van der Waals surface area contributed by atoms with Gasteiger partial charge in [-0.05, 0) is 73.7 Å². The lowest BCUT2D eigenvalue weighted by Gasteiger charge is -2.08. The first-order valence-electron chi connectivity index (χ1n) is 12.5. The van der Waals surface area contributed by atoms with Gasteiger partial charge in [0, 0.05) is 23.7 Å². The van der Waals surface area contributed by atoms with Gasteiger partial charge in [-0.1, -0.05) is 48.2 Å². The van der Waals surface area contributed by atoms with Crippen LogP contribution < -0.4 is 5.32 Å². The van der Waals surface area contributed by atoms with Gasteiger partial charge in [-0.15, -0.1) is 21.5 Å². The number of amides is 1. The van der Waals surface area contributed by atoms with E-state index in [1.54, 1.807) is 11.3 Å². The van der Waals surface area contributed by atoms with Gasteiger partial charge in [0.05, 0.1) is 16.0 Å². The number of nitrogens with one attached hydrogen (secondary N) is 1. The zero-order valence-corrected chi connectivity index (χ0v) is 22.4. The van der Waals surface area contributed by atoms with Crippen molar-refractivity contribution in [1.82, 2.24) is 19.7 Å². The number of nitrogens with zero attached hydrogens (tertiary/aromatic N) is 4. The number of thioether (sulfide) groups is 1. The zero-order chi connectivity index (χ0) is 25.4. The third kappa shape index (κ3) is 5.04. The maximum atomic E-state index is 12.7. The lowest BCUT2D eigenvalue weighted by atomic mass is 10.1. The fourth-order valence-electron chi connectivity index (χ4n) is 4.71. The van der Waals surface area contributed by atoms with Crippen LogP contribution in [0.5, 0.6) is 0 Å². The molecule has 8 heteroatoms. The number of carbonyl (C=O) groups is 1. The Balaban J connectivity index is 1.07. The summed E-state index contributed by atoms with van der Waals surface area (Å²) in [5.41, 5.74) is 5.42. The van der Waals surface area contributed by atoms with Gasteiger partial charge >= 0.3 is 0 Å². The highest BCUT2D eigenvalue weighted by molar-refractivity contribution is 7.99. The Morgan fingerprint density at radius 2 is 1.86 bits per heavy atom. The number of thiazole rings is 1. The van der Waals surface area contributed by atoms with Crippen LogP contribution in [0.25, 0.3) is 20.8 Å². The van der Waals surface area contributed by atoms with Crippen LogP contribution in [0.3, 0.4) is 0 Å². The minimum atomic E-state index is -0.0611. The SMILES string of the molecule is CCn1c(SCC(=O)Nc2ccc(-c3nc4ccc(C)cc4s3)cc2)nnc1C1CC1c1ccccc1. The van der Waals surface area contributed by atoms with Crippen molar-refractivity contribution in [3.8, 4) is 10.6 Å². The Hall–Kier alpha value is -3.49.